The van der Waals surface area contributed by atoms with E-state index < -0.39 is 0 Å². The molecule has 122 valence electrons. The molecule has 2 N–H and O–H groups in total. The Morgan fingerprint density at radius 1 is 1.26 bits per heavy atom. The fourth-order valence-electron chi connectivity index (χ4n) is 2.38. The van der Waals surface area contributed by atoms with Gasteiger partial charge in [0.2, 0.25) is 17.5 Å². The molecule has 23 heavy (non-hydrogen) atoms. The first-order chi connectivity index (χ1) is 11.2. The zero-order valence-electron chi connectivity index (χ0n) is 13.5. The number of anilines is 1. The number of nitrogens with zero attached hydrogens (tertiary/aromatic N) is 2. The van der Waals surface area contributed by atoms with Crippen molar-refractivity contribution in [3.05, 3.63) is 35.0 Å². The lowest BCUT2D eigenvalue weighted by Gasteiger charge is -2.14. The Hall–Kier alpha value is -2.03. The van der Waals surface area contributed by atoms with Gasteiger partial charge in [0.15, 0.2) is 0 Å². The normalized spacial score (nSPS) is 10.7. The molecule has 0 unspecified atom stereocenters. The van der Waals surface area contributed by atoms with Crippen molar-refractivity contribution in [2.45, 2.75) is 20.3 Å². The van der Waals surface area contributed by atoms with Gasteiger partial charge in [0, 0.05) is 23.6 Å². The number of hydrogen-bond acceptors (Lipinski definition) is 4. The Labute approximate surface area is 141 Å². The van der Waals surface area contributed by atoms with Crippen LogP contribution in [0.2, 0.25) is 5.02 Å². The van der Waals surface area contributed by atoms with Crippen molar-refractivity contribution in [3.63, 3.8) is 0 Å². The van der Waals surface area contributed by atoms with Gasteiger partial charge < -0.3 is 14.6 Å². The van der Waals surface area contributed by atoms with E-state index in [1.165, 1.54) is 0 Å². The van der Waals surface area contributed by atoms with Crippen molar-refractivity contribution in [2.75, 3.05) is 31.5 Å². The van der Waals surface area contributed by atoms with Crippen molar-refractivity contribution in [1.29, 1.82) is 5.26 Å². The van der Waals surface area contributed by atoms with Gasteiger partial charge in [-0.15, -0.1) is 0 Å². The molecule has 5 nitrogen and oxygen atoms in total. The second-order valence-electron chi connectivity index (χ2n) is 5.30. The number of nitrogens with one attached hydrogen (secondary N) is 2. The third-order valence-corrected chi connectivity index (χ3v) is 4.07. The summed E-state index contributed by atoms with van der Waals surface area (Å²) in [4.78, 5) is 5.80. The maximum Gasteiger partial charge on any atom is 0.232 e. The molecule has 6 heteroatoms. The quantitative estimate of drug-likeness (QED) is 0.729. The molecular weight excluding hydrogens is 312 g/mol. The minimum atomic E-state index is 0.283. The zero-order chi connectivity index (χ0) is 16.7. The van der Waals surface area contributed by atoms with Crippen LogP contribution in [0.3, 0.4) is 0 Å². The Kier molecular flexibility index (Phi) is 6.45. The van der Waals surface area contributed by atoms with Crippen LogP contribution in [0, 0.1) is 11.3 Å². The van der Waals surface area contributed by atoms with Crippen LogP contribution in [-0.2, 0) is 0 Å². The molecule has 2 aromatic rings. The van der Waals surface area contributed by atoms with Crippen molar-refractivity contribution >= 4 is 17.5 Å². The summed E-state index contributed by atoms with van der Waals surface area (Å²) in [5.41, 5.74) is 1.08. The van der Waals surface area contributed by atoms with Gasteiger partial charge in [-0.25, -0.2) is 0 Å². The molecule has 0 atom stereocenters. The van der Waals surface area contributed by atoms with Crippen LogP contribution in [0.15, 0.2) is 28.7 Å². The smallest absolute Gasteiger partial charge is 0.232 e. The van der Waals surface area contributed by atoms with Crippen LogP contribution in [0.1, 0.15) is 26.0 Å². The van der Waals surface area contributed by atoms with E-state index in [0.717, 1.165) is 38.2 Å². The zero-order valence-corrected chi connectivity index (χ0v) is 14.3. The molecular formula is C17H22ClN4O+. The largest absolute Gasteiger partial charge is 0.419 e. The molecule has 1 heterocycles. The monoisotopic (exact) mass is 333 g/mol. The van der Waals surface area contributed by atoms with E-state index in [2.05, 4.69) is 30.2 Å². The number of halogens is 1. The average Bonchev–Trinajstić information content (AvgIpc) is 2.99. The first kappa shape index (κ1) is 17.3. The van der Waals surface area contributed by atoms with Crippen LogP contribution < -0.4 is 10.2 Å². The molecule has 0 fully saturated rings. The molecule has 0 amide bonds. The molecule has 0 saturated carbocycles. The van der Waals surface area contributed by atoms with Gasteiger partial charge >= 0.3 is 0 Å². The van der Waals surface area contributed by atoms with E-state index >= 15 is 0 Å². The van der Waals surface area contributed by atoms with E-state index in [1.807, 2.05) is 12.1 Å². The maximum absolute atomic E-state index is 9.21. The number of oxazole rings is 1. The number of aromatic nitrogens is 1. The highest BCUT2D eigenvalue weighted by atomic mass is 35.5. The van der Waals surface area contributed by atoms with Crippen molar-refractivity contribution in [2.24, 2.45) is 0 Å². The second-order valence-corrected chi connectivity index (χ2v) is 5.74. The fraction of sp³-hybridized carbons (Fsp3) is 0.412. The summed E-state index contributed by atoms with van der Waals surface area (Å²) in [5, 5.41) is 13.0. The highest BCUT2D eigenvalue weighted by Gasteiger charge is 2.14. The van der Waals surface area contributed by atoms with Gasteiger partial charge in [0.05, 0.1) is 19.6 Å². The SMILES string of the molecule is CC[NH+](CC)CCCNc1oc(-c2ccc(Cl)cc2)nc1C#N. The molecule has 0 aliphatic carbocycles. The van der Waals surface area contributed by atoms with Gasteiger partial charge in [-0.05, 0) is 38.1 Å². The number of hydrogen-bond donors (Lipinski definition) is 2. The molecule has 0 spiro atoms. The predicted molar refractivity (Wildman–Crippen MR) is 91.7 cm³/mol. The van der Waals surface area contributed by atoms with Crippen LogP contribution in [-0.4, -0.2) is 31.2 Å². The Balaban J connectivity index is 1.99. The summed E-state index contributed by atoms with van der Waals surface area (Å²) in [7, 11) is 0. The standard InChI is InChI=1S/C17H21ClN4O/c1-3-22(4-2)11-5-10-20-17-15(12-19)21-16(23-17)13-6-8-14(18)9-7-13/h6-9,20H,3-5,10-11H2,1-2H3/p+1. The van der Waals surface area contributed by atoms with Crippen molar-refractivity contribution in [1.82, 2.24) is 4.98 Å². The third-order valence-electron chi connectivity index (χ3n) is 3.82. The van der Waals surface area contributed by atoms with Crippen LogP contribution in [0.25, 0.3) is 11.5 Å². The molecule has 2 rings (SSSR count). The number of benzene rings is 1. The number of nitriles is 1. The number of rotatable bonds is 8. The van der Waals surface area contributed by atoms with Crippen LogP contribution in [0.4, 0.5) is 5.88 Å². The molecule has 0 aliphatic rings. The molecule has 0 saturated heterocycles. The van der Waals surface area contributed by atoms with E-state index in [9.17, 15) is 5.26 Å². The van der Waals surface area contributed by atoms with Crippen molar-refractivity contribution in [3.8, 4) is 17.5 Å². The van der Waals surface area contributed by atoms with Gasteiger partial charge in [-0.3, -0.25) is 0 Å². The predicted octanol–water partition coefficient (Wildman–Crippen LogP) is 2.59. The topological polar surface area (TPSA) is 66.3 Å². The van der Waals surface area contributed by atoms with Crippen molar-refractivity contribution < 1.29 is 9.32 Å². The lowest BCUT2D eigenvalue weighted by Crippen LogP contribution is -3.11. The minimum absolute atomic E-state index is 0.283. The first-order valence-corrected chi connectivity index (χ1v) is 8.30. The van der Waals surface area contributed by atoms with E-state index in [4.69, 9.17) is 16.0 Å². The summed E-state index contributed by atoms with van der Waals surface area (Å²) in [6.45, 7) is 8.49. The fourth-order valence-corrected chi connectivity index (χ4v) is 2.50. The molecule has 1 aromatic carbocycles. The van der Waals surface area contributed by atoms with E-state index in [1.54, 1.807) is 17.0 Å². The summed E-state index contributed by atoms with van der Waals surface area (Å²) >= 11 is 5.88. The molecule has 0 bridgehead atoms. The van der Waals surface area contributed by atoms with Crippen LogP contribution >= 0.6 is 11.6 Å². The molecule has 0 aliphatic heterocycles. The molecule has 0 radical (unpaired) electrons. The van der Waals surface area contributed by atoms with Gasteiger partial charge in [0.1, 0.15) is 6.07 Å². The minimum Gasteiger partial charge on any atom is -0.419 e. The molecule has 1 aromatic heterocycles. The van der Waals surface area contributed by atoms with Gasteiger partial charge in [-0.2, -0.15) is 10.2 Å². The average molecular weight is 334 g/mol. The number of quaternary nitrogens is 1. The van der Waals surface area contributed by atoms with E-state index in [0.29, 0.717) is 16.8 Å². The lowest BCUT2D eigenvalue weighted by atomic mass is 10.2. The Bertz CT molecular complexity index is 656. The van der Waals surface area contributed by atoms with Gasteiger partial charge in [0.25, 0.3) is 0 Å². The van der Waals surface area contributed by atoms with E-state index in [-0.39, 0.29) is 5.69 Å². The summed E-state index contributed by atoms with van der Waals surface area (Å²) < 4.78 is 5.70. The first-order valence-electron chi connectivity index (χ1n) is 7.92. The van der Waals surface area contributed by atoms with Gasteiger partial charge in [-0.1, -0.05) is 11.6 Å². The highest BCUT2D eigenvalue weighted by Crippen LogP contribution is 2.26. The Morgan fingerprint density at radius 3 is 2.57 bits per heavy atom. The Morgan fingerprint density at radius 2 is 1.96 bits per heavy atom. The highest BCUT2D eigenvalue weighted by molar-refractivity contribution is 6.30. The summed E-state index contributed by atoms with van der Waals surface area (Å²) in [5.74, 6) is 0.863. The summed E-state index contributed by atoms with van der Waals surface area (Å²) in [6.07, 6.45) is 1.01. The maximum atomic E-state index is 9.21. The lowest BCUT2D eigenvalue weighted by molar-refractivity contribution is -0.896. The second kappa shape index (κ2) is 8.56. The van der Waals surface area contributed by atoms with Crippen LogP contribution in [0.5, 0.6) is 0 Å². The summed E-state index contributed by atoms with van der Waals surface area (Å²) in [6, 6.07) is 9.26. The third kappa shape index (κ3) is 4.72.